The van der Waals surface area contributed by atoms with Gasteiger partial charge in [0.2, 0.25) is 0 Å². The number of pyridine rings is 1. The van der Waals surface area contributed by atoms with E-state index in [1.807, 2.05) is 19.3 Å². The molecule has 4 nitrogen and oxygen atoms in total. The molecule has 3 rings (SSSR count). The Morgan fingerprint density at radius 1 is 1.17 bits per heavy atom. The van der Waals surface area contributed by atoms with E-state index in [2.05, 4.69) is 20.6 Å². The smallest absolute Gasteiger partial charge is 0.361 e. The van der Waals surface area contributed by atoms with E-state index in [0.717, 1.165) is 16.5 Å². The lowest BCUT2D eigenvalue weighted by molar-refractivity contribution is -0.140. The Hall–Kier alpha value is -2.54. The fourth-order valence-electron chi connectivity index (χ4n) is 2.63. The second kappa shape index (κ2) is 6.16. The number of hydrogen-bond acceptors (Lipinski definition) is 3. The minimum absolute atomic E-state index is 0.0607. The Balaban J connectivity index is 1.96. The summed E-state index contributed by atoms with van der Waals surface area (Å²) in [6, 6.07) is 8.38. The zero-order valence-corrected chi connectivity index (χ0v) is 13.3. The average molecular weight is 334 g/mol. The number of nitrogens with one attached hydrogen (secondary N) is 3. The van der Waals surface area contributed by atoms with Gasteiger partial charge in [0.05, 0.1) is 5.69 Å². The van der Waals surface area contributed by atoms with E-state index in [9.17, 15) is 13.2 Å². The maximum absolute atomic E-state index is 13.2. The predicted octanol–water partition coefficient (Wildman–Crippen LogP) is 4.35. The molecule has 2 aromatic heterocycles. The fourth-order valence-corrected chi connectivity index (χ4v) is 2.63. The summed E-state index contributed by atoms with van der Waals surface area (Å²) in [5.41, 5.74) is 1.88. The van der Waals surface area contributed by atoms with E-state index < -0.39 is 11.9 Å². The van der Waals surface area contributed by atoms with Crippen molar-refractivity contribution >= 4 is 22.3 Å². The molecular weight excluding hydrogens is 317 g/mol. The van der Waals surface area contributed by atoms with Crippen LogP contribution in [0.4, 0.5) is 24.5 Å². The summed E-state index contributed by atoms with van der Waals surface area (Å²) in [6.07, 6.45) is -2.62. The highest BCUT2D eigenvalue weighted by molar-refractivity contribution is 5.87. The number of aromatic amines is 1. The molecule has 0 saturated heterocycles. The van der Waals surface area contributed by atoms with Gasteiger partial charge < -0.3 is 15.6 Å². The molecule has 0 spiro atoms. The number of rotatable bonds is 4. The standard InChI is InChI=1S/C17H17F3N4/c1-10-3-6-14(16(23-10)17(18,19)20)24-12-4-5-13-11(8-21-2)9-22-15(13)7-12/h3-7,9,21-22,24H,8H2,1-2H3. The molecule has 0 aliphatic carbocycles. The molecule has 0 bridgehead atoms. The van der Waals surface area contributed by atoms with Crippen molar-refractivity contribution < 1.29 is 13.2 Å². The summed E-state index contributed by atoms with van der Waals surface area (Å²) in [7, 11) is 1.86. The minimum Gasteiger partial charge on any atom is -0.361 e. The minimum atomic E-state index is -4.51. The van der Waals surface area contributed by atoms with Gasteiger partial charge in [0.25, 0.3) is 0 Å². The third kappa shape index (κ3) is 3.21. The lowest BCUT2D eigenvalue weighted by Gasteiger charge is -2.14. The molecule has 24 heavy (non-hydrogen) atoms. The number of anilines is 2. The summed E-state index contributed by atoms with van der Waals surface area (Å²) >= 11 is 0. The van der Waals surface area contributed by atoms with Gasteiger partial charge in [-0.05, 0) is 43.8 Å². The van der Waals surface area contributed by atoms with Gasteiger partial charge in [-0.3, -0.25) is 0 Å². The van der Waals surface area contributed by atoms with Crippen LogP contribution in [0.15, 0.2) is 36.5 Å². The van der Waals surface area contributed by atoms with E-state index in [0.29, 0.717) is 17.9 Å². The molecule has 3 N–H and O–H groups in total. The monoisotopic (exact) mass is 334 g/mol. The maximum Gasteiger partial charge on any atom is 0.435 e. The molecular formula is C17H17F3N4. The number of fused-ring (bicyclic) bond motifs is 1. The zero-order chi connectivity index (χ0) is 17.3. The number of H-pyrrole nitrogens is 1. The van der Waals surface area contributed by atoms with E-state index in [4.69, 9.17) is 0 Å². The predicted molar refractivity (Wildman–Crippen MR) is 88.3 cm³/mol. The molecule has 0 aliphatic heterocycles. The molecule has 0 saturated carbocycles. The van der Waals surface area contributed by atoms with Crippen molar-refractivity contribution in [3.63, 3.8) is 0 Å². The molecule has 2 heterocycles. The van der Waals surface area contributed by atoms with Crippen LogP contribution in [-0.2, 0) is 12.7 Å². The van der Waals surface area contributed by atoms with Crippen LogP contribution in [0.2, 0.25) is 0 Å². The quantitative estimate of drug-likeness (QED) is 0.665. The van der Waals surface area contributed by atoms with Crippen LogP contribution in [0, 0.1) is 6.92 Å². The van der Waals surface area contributed by atoms with Gasteiger partial charge in [0, 0.05) is 35.0 Å². The topological polar surface area (TPSA) is 52.7 Å². The molecule has 0 fully saturated rings. The highest BCUT2D eigenvalue weighted by Gasteiger charge is 2.35. The second-order valence-corrected chi connectivity index (χ2v) is 5.58. The molecule has 0 aliphatic rings. The van der Waals surface area contributed by atoms with Crippen molar-refractivity contribution in [3.8, 4) is 0 Å². The van der Waals surface area contributed by atoms with Crippen LogP contribution in [0.3, 0.4) is 0 Å². The number of aryl methyl sites for hydroxylation is 1. The number of hydrogen-bond donors (Lipinski definition) is 3. The van der Waals surface area contributed by atoms with Gasteiger partial charge in [-0.15, -0.1) is 0 Å². The second-order valence-electron chi connectivity index (χ2n) is 5.58. The van der Waals surface area contributed by atoms with E-state index in [1.54, 1.807) is 18.2 Å². The Morgan fingerprint density at radius 3 is 2.67 bits per heavy atom. The summed E-state index contributed by atoms with van der Waals surface area (Å²) in [4.78, 5) is 6.76. The van der Waals surface area contributed by atoms with Crippen LogP contribution in [0.5, 0.6) is 0 Å². The normalized spacial score (nSPS) is 11.9. The van der Waals surface area contributed by atoms with Crippen molar-refractivity contribution in [3.05, 3.63) is 53.5 Å². The van der Waals surface area contributed by atoms with Crippen LogP contribution in [0.1, 0.15) is 17.0 Å². The van der Waals surface area contributed by atoms with Crippen molar-refractivity contribution in [2.75, 3.05) is 12.4 Å². The number of halogens is 3. The van der Waals surface area contributed by atoms with E-state index >= 15 is 0 Å². The van der Waals surface area contributed by atoms with Gasteiger partial charge in [-0.2, -0.15) is 13.2 Å². The Morgan fingerprint density at radius 2 is 1.96 bits per heavy atom. The molecule has 0 amide bonds. The molecule has 1 aromatic carbocycles. The maximum atomic E-state index is 13.2. The molecule has 0 atom stereocenters. The molecule has 0 unspecified atom stereocenters. The van der Waals surface area contributed by atoms with Crippen molar-refractivity contribution in [2.24, 2.45) is 0 Å². The first-order valence-corrected chi connectivity index (χ1v) is 7.45. The average Bonchev–Trinajstić information content (AvgIpc) is 2.91. The van der Waals surface area contributed by atoms with Gasteiger partial charge in [0.1, 0.15) is 0 Å². The van der Waals surface area contributed by atoms with Gasteiger partial charge in [0.15, 0.2) is 5.69 Å². The first-order valence-electron chi connectivity index (χ1n) is 7.45. The van der Waals surface area contributed by atoms with Crippen LogP contribution >= 0.6 is 0 Å². The highest BCUT2D eigenvalue weighted by Crippen LogP contribution is 2.35. The van der Waals surface area contributed by atoms with Gasteiger partial charge >= 0.3 is 6.18 Å². The Labute approximate surface area is 137 Å². The van der Waals surface area contributed by atoms with E-state index in [-0.39, 0.29) is 5.69 Å². The summed E-state index contributed by atoms with van der Waals surface area (Å²) in [5.74, 6) is 0. The lowest BCUT2D eigenvalue weighted by Crippen LogP contribution is -2.12. The third-order valence-corrected chi connectivity index (χ3v) is 3.72. The number of benzene rings is 1. The van der Waals surface area contributed by atoms with Crippen LogP contribution < -0.4 is 10.6 Å². The van der Waals surface area contributed by atoms with E-state index in [1.165, 1.54) is 13.0 Å². The SMILES string of the molecule is CNCc1c[nH]c2cc(Nc3ccc(C)nc3C(F)(F)F)ccc12. The number of nitrogens with zero attached hydrogens (tertiary/aromatic N) is 1. The molecule has 0 radical (unpaired) electrons. The fraction of sp³-hybridized carbons (Fsp3) is 0.235. The molecule has 3 aromatic rings. The zero-order valence-electron chi connectivity index (χ0n) is 13.3. The first-order chi connectivity index (χ1) is 11.4. The lowest BCUT2D eigenvalue weighted by atomic mass is 10.1. The summed E-state index contributed by atoms with van der Waals surface area (Å²) in [5, 5.41) is 6.93. The van der Waals surface area contributed by atoms with Crippen LogP contribution in [-0.4, -0.2) is 17.0 Å². The Bertz CT molecular complexity index is 868. The molecule has 126 valence electrons. The largest absolute Gasteiger partial charge is 0.435 e. The van der Waals surface area contributed by atoms with Crippen molar-refractivity contribution in [2.45, 2.75) is 19.6 Å². The van der Waals surface area contributed by atoms with Gasteiger partial charge in [-0.1, -0.05) is 6.07 Å². The number of alkyl halides is 3. The first kappa shape index (κ1) is 16.3. The van der Waals surface area contributed by atoms with Crippen LogP contribution in [0.25, 0.3) is 10.9 Å². The highest BCUT2D eigenvalue weighted by atomic mass is 19.4. The van der Waals surface area contributed by atoms with Gasteiger partial charge in [-0.25, -0.2) is 4.98 Å². The molecule has 7 heteroatoms. The summed E-state index contributed by atoms with van der Waals surface area (Å²) < 4.78 is 39.5. The van der Waals surface area contributed by atoms with Crippen molar-refractivity contribution in [1.82, 2.24) is 15.3 Å². The third-order valence-electron chi connectivity index (χ3n) is 3.72. The Kier molecular flexibility index (Phi) is 4.19. The van der Waals surface area contributed by atoms with Crippen molar-refractivity contribution in [1.29, 1.82) is 0 Å². The number of aromatic nitrogens is 2. The summed E-state index contributed by atoms with van der Waals surface area (Å²) in [6.45, 7) is 2.25.